The number of hydrogen-bond donors (Lipinski definition) is 3. The molecule has 1 amide bonds. The third kappa shape index (κ3) is 2.64. The molecule has 0 aliphatic heterocycles. The van der Waals surface area contributed by atoms with Crippen LogP contribution in [-0.2, 0) is 0 Å². The van der Waals surface area contributed by atoms with E-state index in [1.165, 1.54) is 24.4 Å². The molecular weight excluding hydrogens is 260 g/mol. The first kappa shape index (κ1) is 12.1. The first-order valence-electron chi connectivity index (χ1n) is 4.77. The Morgan fingerprint density at radius 2 is 2.11 bits per heavy atom. The van der Waals surface area contributed by atoms with Gasteiger partial charge in [-0.2, -0.15) is 15.4 Å². The van der Waals surface area contributed by atoms with E-state index in [9.17, 15) is 9.59 Å². The predicted molar refractivity (Wildman–Crippen MR) is 62.7 cm³/mol. The molecule has 0 unspecified atom stereocenters. The number of benzene rings is 1. The number of carboxylic acid groups (broad SMARTS) is 1. The molecular formula is C10H7ClN4O3. The molecule has 0 saturated heterocycles. The zero-order valence-electron chi connectivity index (χ0n) is 8.85. The van der Waals surface area contributed by atoms with Crippen molar-refractivity contribution in [2.45, 2.75) is 0 Å². The van der Waals surface area contributed by atoms with Gasteiger partial charge in [0.15, 0.2) is 5.69 Å². The van der Waals surface area contributed by atoms with E-state index in [1.54, 1.807) is 0 Å². The number of aromatic amines is 1. The Balaban J connectivity index is 2.24. The fraction of sp³-hybridized carbons (Fsp3) is 0. The molecule has 18 heavy (non-hydrogen) atoms. The SMILES string of the molecule is O=C(O)c1cc(Cl)cc(NC(=O)c2cn[nH]n2)c1. The second kappa shape index (κ2) is 4.84. The third-order valence-electron chi connectivity index (χ3n) is 2.05. The van der Waals surface area contributed by atoms with Gasteiger partial charge in [0, 0.05) is 10.7 Å². The van der Waals surface area contributed by atoms with E-state index in [-0.39, 0.29) is 22.0 Å². The largest absolute Gasteiger partial charge is 0.478 e. The number of halogens is 1. The average Bonchev–Trinajstić information content (AvgIpc) is 2.81. The van der Waals surface area contributed by atoms with Crippen molar-refractivity contribution in [3.63, 3.8) is 0 Å². The molecule has 3 N–H and O–H groups in total. The highest BCUT2D eigenvalue weighted by molar-refractivity contribution is 6.31. The first-order valence-corrected chi connectivity index (χ1v) is 5.15. The van der Waals surface area contributed by atoms with Gasteiger partial charge < -0.3 is 10.4 Å². The molecule has 0 bridgehead atoms. The van der Waals surface area contributed by atoms with Gasteiger partial charge in [0.1, 0.15) is 0 Å². The summed E-state index contributed by atoms with van der Waals surface area (Å²) in [6.45, 7) is 0. The van der Waals surface area contributed by atoms with Gasteiger partial charge in [-0.1, -0.05) is 11.6 Å². The topological polar surface area (TPSA) is 108 Å². The van der Waals surface area contributed by atoms with E-state index in [4.69, 9.17) is 16.7 Å². The molecule has 1 aromatic heterocycles. The molecule has 8 heteroatoms. The van der Waals surface area contributed by atoms with Gasteiger partial charge in [-0.3, -0.25) is 4.79 Å². The minimum atomic E-state index is -1.13. The van der Waals surface area contributed by atoms with Crippen LogP contribution in [0.1, 0.15) is 20.8 Å². The van der Waals surface area contributed by atoms with Gasteiger partial charge in [0.2, 0.25) is 0 Å². The van der Waals surface area contributed by atoms with Crippen LogP contribution in [-0.4, -0.2) is 32.4 Å². The number of rotatable bonds is 3. The van der Waals surface area contributed by atoms with E-state index in [1.807, 2.05) is 0 Å². The summed E-state index contributed by atoms with van der Waals surface area (Å²) in [5, 5.41) is 20.9. The van der Waals surface area contributed by atoms with Gasteiger partial charge >= 0.3 is 5.97 Å². The fourth-order valence-electron chi connectivity index (χ4n) is 1.29. The van der Waals surface area contributed by atoms with Gasteiger partial charge in [0.05, 0.1) is 11.8 Å². The van der Waals surface area contributed by atoms with Gasteiger partial charge in [-0.25, -0.2) is 4.79 Å². The predicted octanol–water partition coefficient (Wildman–Crippen LogP) is 1.41. The molecule has 92 valence electrons. The van der Waals surface area contributed by atoms with Crippen molar-refractivity contribution in [1.29, 1.82) is 0 Å². The summed E-state index contributed by atoms with van der Waals surface area (Å²) in [7, 11) is 0. The van der Waals surface area contributed by atoms with Crippen molar-refractivity contribution in [3.05, 3.63) is 40.7 Å². The van der Waals surface area contributed by atoms with Crippen LogP contribution >= 0.6 is 11.6 Å². The Kier molecular flexibility index (Phi) is 3.24. The smallest absolute Gasteiger partial charge is 0.335 e. The lowest BCUT2D eigenvalue weighted by molar-refractivity contribution is 0.0696. The van der Waals surface area contributed by atoms with Crippen LogP contribution in [0, 0.1) is 0 Å². The summed E-state index contributed by atoms with van der Waals surface area (Å²) in [5.41, 5.74) is 0.345. The third-order valence-corrected chi connectivity index (χ3v) is 2.27. The molecule has 0 radical (unpaired) electrons. The zero-order valence-corrected chi connectivity index (χ0v) is 9.60. The molecule has 0 fully saturated rings. The molecule has 0 aliphatic carbocycles. The minimum Gasteiger partial charge on any atom is -0.478 e. The number of carbonyl (C=O) groups is 2. The number of H-pyrrole nitrogens is 1. The molecule has 0 saturated carbocycles. The van der Waals surface area contributed by atoms with Crippen LogP contribution in [0.4, 0.5) is 5.69 Å². The summed E-state index contributed by atoms with van der Waals surface area (Å²) in [6.07, 6.45) is 1.25. The minimum absolute atomic E-state index is 0.0158. The van der Waals surface area contributed by atoms with Crippen molar-refractivity contribution >= 4 is 29.2 Å². The van der Waals surface area contributed by atoms with E-state index in [2.05, 4.69) is 20.7 Å². The Morgan fingerprint density at radius 1 is 1.33 bits per heavy atom. The number of anilines is 1. The quantitative estimate of drug-likeness (QED) is 0.778. The normalized spacial score (nSPS) is 10.1. The maximum Gasteiger partial charge on any atom is 0.335 e. The molecule has 1 aromatic carbocycles. The lowest BCUT2D eigenvalue weighted by atomic mass is 10.2. The summed E-state index contributed by atoms with van der Waals surface area (Å²) in [5.74, 6) is -1.64. The van der Waals surface area contributed by atoms with Crippen molar-refractivity contribution in [1.82, 2.24) is 15.4 Å². The lowest BCUT2D eigenvalue weighted by Gasteiger charge is -2.05. The van der Waals surface area contributed by atoms with Crippen molar-refractivity contribution in [2.75, 3.05) is 5.32 Å². The lowest BCUT2D eigenvalue weighted by Crippen LogP contribution is -2.13. The molecule has 2 aromatic rings. The summed E-state index contributed by atoms with van der Waals surface area (Å²) < 4.78 is 0. The number of aromatic nitrogens is 3. The van der Waals surface area contributed by atoms with Crippen LogP contribution in [0.15, 0.2) is 24.4 Å². The highest BCUT2D eigenvalue weighted by Crippen LogP contribution is 2.19. The molecule has 7 nitrogen and oxygen atoms in total. The van der Waals surface area contributed by atoms with Gasteiger partial charge in [0.25, 0.3) is 5.91 Å². The second-order valence-electron chi connectivity index (χ2n) is 3.34. The highest BCUT2D eigenvalue weighted by Gasteiger charge is 2.11. The molecule has 2 rings (SSSR count). The van der Waals surface area contributed by atoms with Crippen LogP contribution in [0.2, 0.25) is 5.02 Å². The van der Waals surface area contributed by atoms with E-state index < -0.39 is 11.9 Å². The number of aromatic carboxylic acids is 1. The molecule has 0 atom stereocenters. The molecule has 0 spiro atoms. The Morgan fingerprint density at radius 3 is 2.72 bits per heavy atom. The van der Waals surface area contributed by atoms with Gasteiger partial charge in [-0.15, -0.1) is 0 Å². The summed E-state index contributed by atoms with van der Waals surface area (Å²) in [4.78, 5) is 22.5. The maximum absolute atomic E-state index is 11.6. The fourth-order valence-corrected chi connectivity index (χ4v) is 1.53. The molecule has 0 aliphatic rings. The summed E-state index contributed by atoms with van der Waals surface area (Å²) in [6, 6.07) is 4.02. The number of nitrogens with one attached hydrogen (secondary N) is 2. The number of nitrogens with zero attached hydrogens (tertiary/aromatic N) is 2. The van der Waals surface area contributed by atoms with Crippen LogP contribution in [0.25, 0.3) is 0 Å². The van der Waals surface area contributed by atoms with Crippen molar-refractivity contribution < 1.29 is 14.7 Å². The van der Waals surface area contributed by atoms with Gasteiger partial charge in [-0.05, 0) is 18.2 Å². The van der Waals surface area contributed by atoms with Crippen molar-refractivity contribution in [2.24, 2.45) is 0 Å². The van der Waals surface area contributed by atoms with Crippen LogP contribution in [0.3, 0.4) is 0 Å². The Bertz CT molecular complexity index is 597. The number of carboxylic acids is 1. The number of carbonyl (C=O) groups excluding carboxylic acids is 1. The number of amides is 1. The maximum atomic E-state index is 11.6. The second-order valence-corrected chi connectivity index (χ2v) is 3.78. The highest BCUT2D eigenvalue weighted by atomic mass is 35.5. The van der Waals surface area contributed by atoms with E-state index >= 15 is 0 Å². The summed E-state index contributed by atoms with van der Waals surface area (Å²) >= 11 is 5.75. The van der Waals surface area contributed by atoms with E-state index in [0.717, 1.165) is 0 Å². The standard InChI is InChI=1S/C10H7ClN4O3/c11-6-1-5(10(17)18)2-7(3-6)13-9(16)8-4-12-15-14-8/h1-4H,(H,13,16)(H,17,18)(H,12,14,15). The first-order chi connectivity index (χ1) is 8.56. The zero-order chi connectivity index (χ0) is 13.1. The van der Waals surface area contributed by atoms with E-state index in [0.29, 0.717) is 0 Å². The van der Waals surface area contributed by atoms with Crippen LogP contribution < -0.4 is 5.32 Å². The monoisotopic (exact) mass is 266 g/mol. The van der Waals surface area contributed by atoms with Crippen molar-refractivity contribution in [3.8, 4) is 0 Å². The Labute approximate surface area is 106 Å². The number of hydrogen-bond acceptors (Lipinski definition) is 4. The average molecular weight is 267 g/mol. The Hall–Kier alpha value is -2.41. The van der Waals surface area contributed by atoms with Crippen LogP contribution in [0.5, 0.6) is 0 Å². The molecule has 1 heterocycles.